The highest BCUT2D eigenvalue weighted by atomic mass is 16.6. The zero-order chi connectivity index (χ0) is 15.1. The first-order valence-electron chi connectivity index (χ1n) is 5.89. The second kappa shape index (κ2) is 4.94. The van der Waals surface area contributed by atoms with E-state index in [1.165, 1.54) is 19.3 Å². The van der Waals surface area contributed by atoms with Crippen LogP contribution in [0.3, 0.4) is 0 Å². The number of hydrogen-bond donors (Lipinski definition) is 5. The highest BCUT2D eigenvalue weighted by Gasteiger charge is 2.53. The summed E-state index contributed by atoms with van der Waals surface area (Å²) in [5.41, 5.74) is 2.45. The van der Waals surface area contributed by atoms with Crippen LogP contribution in [-0.4, -0.2) is 55.1 Å². The summed E-state index contributed by atoms with van der Waals surface area (Å²) in [6, 6.07) is 0. The monoisotopic (exact) mass is 284 g/mol. The second-order valence-corrected chi connectivity index (χ2v) is 4.78. The molecule has 2 rings (SSSR count). The minimum absolute atomic E-state index is 0.283. The summed E-state index contributed by atoms with van der Waals surface area (Å²) >= 11 is 0. The Morgan fingerprint density at radius 2 is 2.35 bits per heavy atom. The number of aliphatic hydroxyl groups excluding tert-OH is 2. The summed E-state index contributed by atoms with van der Waals surface area (Å²) in [4.78, 5) is 15.8. The van der Waals surface area contributed by atoms with Crippen molar-refractivity contribution in [3.63, 3.8) is 0 Å². The van der Waals surface area contributed by atoms with Crippen LogP contribution in [0.4, 0.5) is 0 Å². The molecule has 2 unspecified atom stereocenters. The number of aliphatic hydroxyl groups is 3. The fraction of sp³-hybridized carbons (Fsp3) is 0.545. The van der Waals surface area contributed by atoms with Gasteiger partial charge in [-0.2, -0.15) is 0 Å². The molecule has 9 nitrogen and oxygen atoms in total. The molecule has 0 radical (unpaired) electrons. The van der Waals surface area contributed by atoms with Crippen LogP contribution < -0.4 is 11.3 Å². The number of ether oxygens (including phenoxy) is 1. The number of rotatable bonds is 3. The highest BCUT2D eigenvalue weighted by molar-refractivity contribution is 5.92. The molecule has 2 heterocycles. The van der Waals surface area contributed by atoms with Crippen LogP contribution in [0.5, 0.6) is 0 Å². The van der Waals surface area contributed by atoms with Gasteiger partial charge in [0, 0.05) is 12.4 Å². The van der Waals surface area contributed by atoms with Crippen LogP contribution in [0, 0.1) is 5.41 Å². The van der Waals surface area contributed by atoms with E-state index in [4.69, 9.17) is 21.0 Å². The molecule has 1 saturated heterocycles. The summed E-state index contributed by atoms with van der Waals surface area (Å²) in [5, 5.41) is 36.5. The molecule has 0 aromatic carbocycles. The van der Waals surface area contributed by atoms with E-state index in [1.54, 1.807) is 0 Å². The van der Waals surface area contributed by atoms with E-state index in [1.807, 2.05) is 0 Å². The summed E-state index contributed by atoms with van der Waals surface area (Å²) in [7, 11) is 0. The lowest BCUT2D eigenvalue weighted by atomic mass is 9.96. The molecule has 20 heavy (non-hydrogen) atoms. The maximum absolute atomic E-state index is 12.1. The van der Waals surface area contributed by atoms with Crippen molar-refractivity contribution in [2.24, 2.45) is 5.73 Å². The normalized spacial score (nSPS) is 33.3. The molecule has 4 atom stereocenters. The lowest BCUT2D eigenvalue weighted by molar-refractivity contribution is -0.0983. The van der Waals surface area contributed by atoms with Gasteiger partial charge in [-0.15, -0.1) is 0 Å². The molecule has 0 amide bonds. The number of nitrogens with two attached hydrogens (primary N) is 1. The first-order chi connectivity index (χ1) is 9.30. The maximum Gasteiger partial charge on any atom is 0.282 e. The molecule has 110 valence electrons. The fourth-order valence-electron chi connectivity index (χ4n) is 2.18. The fourth-order valence-corrected chi connectivity index (χ4v) is 2.18. The van der Waals surface area contributed by atoms with Crippen molar-refractivity contribution in [3.8, 4) is 0 Å². The quantitative estimate of drug-likeness (QED) is 0.304. The van der Waals surface area contributed by atoms with Crippen LogP contribution in [0.1, 0.15) is 18.8 Å². The van der Waals surface area contributed by atoms with Gasteiger partial charge < -0.3 is 25.8 Å². The number of aromatic nitrogens is 2. The minimum atomic E-state index is -1.79. The second-order valence-electron chi connectivity index (χ2n) is 4.78. The molecule has 0 spiro atoms. The van der Waals surface area contributed by atoms with Gasteiger partial charge >= 0.3 is 0 Å². The number of nitrogens with one attached hydrogen (secondary N) is 1. The Hall–Kier alpha value is -1.81. The molecule has 1 aliphatic rings. The lowest BCUT2D eigenvalue weighted by Crippen LogP contribution is -2.46. The molecule has 6 N–H and O–H groups in total. The molecular weight excluding hydrogens is 268 g/mol. The van der Waals surface area contributed by atoms with Crippen LogP contribution in [0.25, 0.3) is 0 Å². The molecule has 0 aliphatic carbocycles. The average Bonchev–Trinajstić information content (AvgIpc) is 2.61. The molecule has 1 aromatic rings. The van der Waals surface area contributed by atoms with Gasteiger partial charge in [0.1, 0.15) is 23.6 Å². The first-order valence-corrected chi connectivity index (χ1v) is 5.89. The van der Waals surface area contributed by atoms with Crippen molar-refractivity contribution in [1.82, 2.24) is 9.55 Å². The standard InChI is InChI=1S/C11H16N4O5/c1-11(19)7(17)5(4-16)20-10(11)15-3-2-14-6(8(12)13)9(15)18/h2-3,5,7,10,16-17,19H,4H2,1H3,(H3,12,13)/t5-,7?,10-,11?/m1/s1. The van der Waals surface area contributed by atoms with Crippen LogP contribution in [-0.2, 0) is 4.74 Å². The van der Waals surface area contributed by atoms with E-state index in [0.29, 0.717) is 0 Å². The predicted molar refractivity (Wildman–Crippen MR) is 67.1 cm³/mol. The van der Waals surface area contributed by atoms with Gasteiger partial charge in [0.05, 0.1) is 6.61 Å². The Kier molecular flexibility index (Phi) is 3.61. The van der Waals surface area contributed by atoms with Crippen molar-refractivity contribution in [1.29, 1.82) is 5.41 Å². The van der Waals surface area contributed by atoms with Crippen molar-refractivity contribution in [2.45, 2.75) is 31.0 Å². The zero-order valence-corrected chi connectivity index (χ0v) is 10.7. The van der Waals surface area contributed by atoms with Crippen molar-refractivity contribution < 1.29 is 20.1 Å². The van der Waals surface area contributed by atoms with Crippen LogP contribution in [0.2, 0.25) is 0 Å². The third kappa shape index (κ3) is 2.10. The molecule has 9 heteroatoms. The van der Waals surface area contributed by atoms with Gasteiger partial charge in [-0.3, -0.25) is 14.8 Å². The average molecular weight is 284 g/mol. The maximum atomic E-state index is 12.1. The van der Waals surface area contributed by atoms with Crippen molar-refractivity contribution >= 4 is 5.84 Å². The molecule has 0 saturated carbocycles. The van der Waals surface area contributed by atoms with Gasteiger partial charge in [-0.25, -0.2) is 4.98 Å². The smallest absolute Gasteiger partial charge is 0.282 e. The predicted octanol–water partition coefficient (Wildman–Crippen LogP) is -2.47. The summed E-state index contributed by atoms with van der Waals surface area (Å²) in [6.07, 6.45) is -1.12. The number of nitrogen functional groups attached to an aromatic ring is 1. The lowest BCUT2D eigenvalue weighted by Gasteiger charge is -2.27. The molecule has 0 bridgehead atoms. The Balaban J connectivity index is 2.50. The Morgan fingerprint density at radius 3 is 2.85 bits per heavy atom. The van der Waals surface area contributed by atoms with Gasteiger partial charge in [0.25, 0.3) is 5.56 Å². The van der Waals surface area contributed by atoms with Gasteiger partial charge in [-0.1, -0.05) is 0 Å². The Bertz CT molecular complexity index is 584. The number of nitrogens with zero attached hydrogens (tertiary/aromatic N) is 2. The zero-order valence-electron chi connectivity index (χ0n) is 10.7. The first kappa shape index (κ1) is 14.6. The summed E-state index contributed by atoms with van der Waals surface area (Å²) in [6.45, 7) is 0.783. The topological polar surface area (TPSA) is 155 Å². The van der Waals surface area contributed by atoms with E-state index in [2.05, 4.69) is 4.98 Å². The molecule has 1 aliphatic heterocycles. The van der Waals surface area contributed by atoms with E-state index >= 15 is 0 Å². The summed E-state index contributed by atoms with van der Waals surface area (Å²) < 4.78 is 6.30. The van der Waals surface area contributed by atoms with Crippen LogP contribution >= 0.6 is 0 Å². The van der Waals surface area contributed by atoms with E-state index < -0.39 is 42.0 Å². The largest absolute Gasteiger partial charge is 0.394 e. The molecule has 1 aromatic heterocycles. The van der Waals surface area contributed by atoms with Gasteiger partial charge in [-0.05, 0) is 6.92 Å². The SMILES string of the molecule is CC1(O)C(O)[C@@H](CO)O[C@H]1n1ccnc(C(=N)N)c1=O. The molecule has 1 fully saturated rings. The third-order valence-electron chi connectivity index (χ3n) is 3.31. The Morgan fingerprint density at radius 1 is 1.70 bits per heavy atom. The number of amidine groups is 1. The Labute approximate surface area is 113 Å². The van der Waals surface area contributed by atoms with Gasteiger partial charge in [0.15, 0.2) is 11.9 Å². The van der Waals surface area contributed by atoms with E-state index in [9.17, 15) is 15.0 Å². The van der Waals surface area contributed by atoms with Gasteiger partial charge in [0.2, 0.25) is 0 Å². The molecular formula is C11H16N4O5. The summed E-state index contributed by atoms with van der Waals surface area (Å²) in [5.74, 6) is -0.513. The number of hydrogen-bond acceptors (Lipinski definition) is 7. The highest BCUT2D eigenvalue weighted by Crippen LogP contribution is 2.37. The van der Waals surface area contributed by atoms with E-state index in [0.717, 1.165) is 4.57 Å². The van der Waals surface area contributed by atoms with Crippen LogP contribution in [0.15, 0.2) is 17.2 Å². The van der Waals surface area contributed by atoms with Crippen molar-refractivity contribution in [2.75, 3.05) is 6.61 Å². The third-order valence-corrected chi connectivity index (χ3v) is 3.31. The minimum Gasteiger partial charge on any atom is -0.394 e. The van der Waals surface area contributed by atoms with Crippen molar-refractivity contribution in [3.05, 3.63) is 28.4 Å². The van der Waals surface area contributed by atoms with E-state index in [-0.39, 0.29) is 5.69 Å².